The van der Waals surface area contributed by atoms with Crippen molar-refractivity contribution in [3.63, 3.8) is 0 Å². The van der Waals surface area contributed by atoms with E-state index in [0.29, 0.717) is 18.7 Å². The van der Waals surface area contributed by atoms with E-state index in [0.717, 1.165) is 0 Å². The van der Waals surface area contributed by atoms with Crippen molar-refractivity contribution in [3.8, 4) is 0 Å². The van der Waals surface area contributed by atoms with E-state index in [9.17, 15) is 9.90 Å². The molecule has 1 aliphatic rings. The Balaban J connectivity index is 1.96. The van der Waals surface area contributed by atoms with Crippen LogP contribution in [0.5, 0.6) is 0 Å². The van der Waals surface area contributed by atoms with Gasteiger partial charge in [-0.3, -0.25) is 9.78 Å². The monoisotopic (exact) mass is 222 g/mol. The van der Waals surface area contributed by atoms with Crippen LogP contribution in [0.4, 0.5) is 0 Å². The van der Waals surface area contributed by atoms with Crippen LogP contribution in [0.2, 0.25) is 0 Å². The van der Waals surface area contributed by atoms with Gasteiger partial charge in [-0.05, 0) is 18.6 Å². The number of aliphatic hydroxyl groups is 1. The first kappa shape index (κ1) is 11.0. The molecular weight excluding hydrogens is 208 g/mol. The average molecular weight is 222 g/mol. The highest BCUT2D eigenvalue weighted by Gasteiger charge is 2.25. The summed E-state index contributed by atoms with van der Waals surface area (Å²) in [5.41, 5.74) is 0.362. The van der Waals surface area contributed by atoms with Crippen molar-refractivity contribution < 1.29 is 14.6 Å². The van der Waals surface area contributed by atoms with Crippen LogP contribution in [-0.2, 0) is 4.74 Å². The second-order valence-corrected chi connectivity index (χ2v) is 3.73. The average Bonchev–Trinajstić information content (AvgIpc) is 2.33. The summed E-state index contributed by atoms with van der Waals surface area (Å²) in [5, 5.41) is 12.4. The zero-order valence-corrected chi connectivity index (χ0v) is 8.80. The van der Waals surface area contributed by atoms with E-state index in [1.54, 1.807) is 24.4 Å². The molecule has 1 saturated heterocycles. The van der Waals surface area contributed by atoms with Crippen molar-refractivity contribution in [1.82, 2.24) is 10.3 Å². The first-order valence-electron chi connectivity index (χ1n) is 5.25. The Morgan fingerprint density at radius 1 is 1.56 bits per heavy atom. The summed E-state index contributed by atoms with van der Waals surface area (Å²) in [6, 6.07) is 4.90. The number of aliphatic hydroxyl groups excluding tert-OH is 1. The minimum atomic E-state index is -0.638. The Bertz CT molecular complexity index is 356. The molecule has 1 aromatic rings. The van der Waals surface area contributed by atoms with Gasteiger partial charge in [0.25, 0.3) is 5.91 Å². The molecule has 2 N–H and O–H groups in total. The third kappa shape index (κ3) is 2.56. The molecule has 2 heterocycles. The smallest absolute Gasteiger partial charge is 0.270 e. The van der Waals surface area contributed by atoms with Crippen molar-refractivity contribution in [2.24, 2.45) is 0 Å². The molecule has 0 aliphatic carbocycles. The molecule has 5 heteroatoms. The predicted molar refractivity (Wildman–Crippen MR) is 56.9 cm³/mol. The topological polar surface area (TPSA) is 71.5 Å². The lowest BCUT2D eigenvalue weighted by Crippen LogP contribution is -2.48. The number of carbonyl (C=O) groups excluding carboxylic acids is 1. The minimum Gasteiger partial charge on any atom is -0.389 e. The fraction of sp³-hybridized carbons (Fsp3) is 0.455. The van der Waals surface area contributed by atoms with Crippen LogP contribution in [0.25, 0.3) is 0 Å². The maximum absolute atomic E-state index is 11.7. The van der Waals surface area contributed by atoms with Gasteiger partial charge in [0, 0.05) is 12.8 Å². The van der Waals surface area contributed by atoms with Crippen molar-refractivity contribution in [1.29, 1.82) is 0 Å². The molecular formula is C11H14N2O3. The summed E-state index contributed by atoms with van der Waals surface area (Å²) in [6.45, 7) is 0.831. The Hall–Kier alpha value is -1.46. The zero-order valence-electron chi connectivity index (χ0n) is 8.80. The first-order valence-corrected chi connectivity index (χ1v) is 5.25. The van der Waals surface area contributed by atoms with Crippen LogP contribution in [-0.4, -0.2) is 41.4 Å². The van der Waals surface area contributed by atoms with Gasteiger partial charge in [0.1, 0.15) is 5.69 Å². The van der Waals surface area contributed by atoms with E-state index in [1.165, 1.54) is 0 Å². The van der Waals surface area contributed by atoms with Gasteiger partial charge in [0.15, 0.2) is 0 Å². The van der Waals surface area contributed by atoms with Crippen molar-refractivity contribution in [2.45, 2.75) is 18.6 Å². The molecule has 0 unspecified atom stereocenters. The standard InChI is InChI=1S/C11H14N2O3/c14-10-7-16-6-4-8(10)13-11(15)9-3-1-2-5-12-9/h1-3,5,8,10,14H,4,6-7H2,(H,13,15)/t8-,10-/m1/s1. The molecule has 16 heavy (non-hydrogen) atoms. The summed E-state index contributed by atoms with van der Waals surface area (Å²) >= 11 is 0. The fourth-order valence-corrected chi connectivity index (χ4v) is 1.63. The zero-order chi connectivity index (χ0) is 11.4. The SMILES string of the molecule is O=C(N[C@@H]1CCOC[C@H]1O)c1ccccn1. The lowest BCUT2D eigenvalue weighted by atomic mass is 10.1. The number of ether oxygens (including phenoxy) is 1. The van der Waals surface area contributed by atoms with Crippen molar-refractivity contribution in [2.75, 3.05) is 13.2 Å². The minimum absolute atomic E-state index is 0.247. The molecule has 2 rings (SSSR count). The molecule has 5 nitrogen and oxygen atoms in total. The molecule has 1 fully saturated rings. The van der Waals surface area contributed by atoms with Gasteiger partial charge >= 0.3 is 0 Å². The number of nitrogens with one attached hydrogen (secondary N) is 1. The van der Waals surface area contributed by atoms with Crippen LogP contribution in [0.15, 0.2) is 24.4 Å². The van der Waals surface area contributed by atoms with E-state index in [2.05, 4.69) is 10.3 Å². The van der Waals surface area contributed by atoms with E-state index in [-0.39, 0.29) is 18.6 Å². The fourth-order valence-electron chi connectivity index (χ4n) is 1.63. The van der Waals surface area contributed by atoms with Gasteiger partial charge in [-0.25, -0.2) is 0 Å². The molecule has 0 spiro atoms. The molecule has 86 valence electrons. The Morgan fingerprint density at radius 2 is 2.44 bits per heavy atom. The normalized spacial score (nSPS) is 25.1. The lowest BCUT2D eigenvalue weighted by molar-refractivity contribution is -0.0261. The first-order chi connectivity index (χ1) is 7.77. The molecule has 0 saturated carbocycles. The Labute approximate surface area is 93.5 Å². The molecule has 1 aromatic heterocycles. The van der Waals surface area contributed by atoms with E-state index in [4.69, 9.17) is 4.74 Å². The predicted octanol–water partition coefficient (Wildman–Crippen LogP) is -0.0388. The lowest BCUT2D eigenvalue weighted by Gasteiger charge is -2.28. The molecule has 1 amide bonds. The van der Waals surface area contributed by atoms with Crippen LogP contribution in [0, 0.1) is 0 Å². The number of aromatic nitrogens is 1. The summed E-state index contributed by atoms with van der Waals surface area (Å²) in [5.74, 6) is -0.258. The Kier molecular flexibility index (Phi) is 3.48. The van der Waals surface area contributed by atoms with Gasteiger partial charge in [-0.1, -0.05) is 6.07 Å². The number of carbonyl (C=O) groups is 1. The molecule has 1 aliphatic heterocycles. The van der Waals surface area contributed by atoms with Gasteiger partial charge in [-0.2, -0.15) is 0 Å². The molecule has 0 radical (unpaired) electrons. The van der Waals surface area contributed by atoms with Gasteiger partial charge in [0.05, 0.1) is 18.8 Å². The van der Waals surface area contributed by atoms with Gasteiger partial charge < -0.3 is 15.2 Å². The maximum Gasteiger partial charge on any atom is 0.270 e. The highest BCUT2D eigenvalue weighted by Crippen LogP contribution is 2.08. The summed E-state index contributed by atoms with van der Waals surface area (Å²) in [7, 11) is 0. The third-order valence-corrected chi connectivity index (χ3v) is 2.54. The summed E-state index contributed by atoms with van der Waals surface area (Å²) < 4.78 is 5.08. The Morgan fingerprint density at radius 3 is 3.12 bits per heavy atom. The second-order valence-electron chi connectivity index (χ2n) is 3.73. The number of amides is 1. The molecule has 0 aromatic carbocycles. The highest BCUT2D eigenvalue weighted by molar-refractivity contribution is 5.92. The largest absolute Gasteiger partial charge is 0.389 e. The quantitative estimate of drug-likeness (QED) is 0.736. The van der Waals surface area contributed by atoms with Crippen LogP contribution >= 0.6 is 0 Å². The third-order valence-electron chi connectivity index (χ3n) is 2.54. The van der Waals surface area contributed by atoms with E-state index < -0.39 is 6.10 Å². The van der Waals surface area contributed by atoms with E-state index in [1.807, 2.05) is 0 Å². The molecule has 0 bridgehead atoms. The van der Waals surface area contributed by atoms with Crippen LogP contribution in [0.1, 0.15) is 16.9 Å². The number of pyridine rings is 1. The van der Waals surface area contributed by atoms with E-state index >= 15 is 0 Å². The number of hydrogen-bond donors (Lipinski definition) is 2. The van der Waals surface area contributed by atoms with Crippen molar-refractivity contribution in [3.05, 3.63) is 30.1 Å². The van der Waals surface area contributed by atoms with Crippen molar-refractivity contribution >= 4 is 5.91 Å². The van der Waals surface area contributed by atoms with Crippen LogP contribution in [0.3, 0.4) is 0 Å². The summed E-state index contributed by atoms with van der Waals surface area (Å²) in [4.78, 5) is 15.7. The van der Waals surface area contributed by atoms with Crippen LogP contribution < -0.4 is 5.32 Å². The summed E-state index contributed by atoms with van der Waals surface area (Å²) in [6.07, 6.45) is 1.55. The highest BCUT2D eigenvalue weighted by atomic mass is 16.5. The number of rotatable bonds is 2. The maximum atomic E-state index is 11.7. The second kappa shape index (κ2) is 5.05. The number of hydrogen-bond acceptors (Lipinski definition) is 4. The van der Waals surface area contributed by atoms with Gasteiger partial charge in [-0.15, -0.1) is 0 Å². The molecule has 2 atom stereocenters. The number of nitrogens with zero attached hydrogens (tertiary/aromatic N) is 1. The van der Waals surface area contributed by atoms with Gasteiger partial charge in [0.2, 0.25) is 0 Å².